The van der Waals surface area contributed by atoms with Gasteiger partial charge in [-0.15, -0.1) is 0 Å². The van der Waals surface area contributed by atoms with Crippen LogP contribution in [0.25, 0.3) is 0 Å². The van der Waals surface area contributed by atoms with Crippen molar-refractivity contribution in [2.45, 2.75) is 31.6 Å². The van der Waals surface area contributed by atoms with Crippen LogP contribution in [-0.4, -0.2) is 5.83 Å². The largest absolute Gasteiger partial charge is 0.0966 e. The van der Waals surface area contributed by atoms with Gasteiger partial charge in [0.15, 0.2) is 0 Å². The predicted octanol–water partition coefficient (Wildman–Crippen LogP) is 5.01. The number of hydrogen-bond donors (Lipinski definition) is 0. The van der Waals surface area contributed by atoms with Gasteiger partial charge in [0.1, 0.15) is 0 Å². The summed E-state index contributed by atoms with van der Waals surface area (Å²) >= 11 is 8.76. The molecule has 0 aliphatic heterocycles. The van der Waals surface area contributed by atoms with E-state index in [-0.39, 0.29) is 0 Å². The highest BCUT2D eigenvalue weighted by Gasteiger charge is 2.16. The molecule has 2 heteroatoms. The van der Waals surface area contributed by atoms with E-state index in [2.05, 4.69) is 28.1 Å². The van der Waals surface area contributed by atoms with E-state index in [1.165, 1.54) is 31.2 Å². The van der Waals surface area contributed by atoms with Gasteiger partial charge in [-0.05, 0) is 42.3 Å². The lowest BCUT2D eigenvalue weighted by Gasteiger charge is -2.08. The molecule has 1 aliphatic carbocycles. The van der Waals surface area contributed by atoms with Crippen LogP contribution in [0.15, 0.2) is 24.3 Å². The Morgan fingerprint density at radius 3 is 2.07 bits per heavy atom. The van der Waals surface area contributed by atoms with Crippen LogP contribution in [0, 0.1) is 0 Å². The van der Waals surface area contributed by atoms with E-state index < -0.39 is 0 Å². The van der Waals surface area contributed by atoms with Crippen molar-refractivity contribution in [3.05, 3.63) is 34.9 Å². The van der Waals surface area contributed by atoms with E-state index in [0.29, 0.717) is 0 Å². The fourth-order valence-corrected chi connectivity index (χ4v) is 2.12. The summed E-state index contributed by atoms with van der Waals surface area (Å²) in [7, 11) is 0. The van der Waals surface area contributed by atoms with Crippen LogP contribution in [0.2, 0.25) is 5.02 Å². The third-order valence-electron chi connectivity index (χ3n) is 2.70. The molecule has 0 unspecified atom stereocenters. The minimum atomic E-state index is 0.808. The summed E-state index contributed by atoms with van der Waals surface area (Å²) in [5, 5.41) is 0.844. The standard InChI is InChI=1S/C11H13Cl.CH3Br/c12-11-7-5-10(6-8-11)9-3-1-2-4-9;1-2/h5-9H,1-4H2;1H3. The van der Waals surface area contributed by atoms with Gasteiger partial charge in [-0.1, -0.05) is 52.5 Å². The summed E-state index contributed by atoms with van der Waals surface area (Å²) in [4.78, 5) is 0. The summed E-state index contributed by atoms with van der Waals surface area (Å²) in [6.07, 6.45) is 5.52. The highest BCUT2D eigenvalue weighted by atomic mass is 79.9. The maximum Gasteiger partial charge on any atom is 0.0406 e. The second kappa shape index (κ2) is 6.47. The van der Waals surface area contributed by atoms with Gasteiger partial charge in [0, 0.05) is 5.02 Å². The molecule has 1 fully saturated rings. The summed E-state index contributed by atoms with van der Waals surface area (Å²) in [5.74, 6) is 2.62. The highest BCUT2D eigenvalue weighted by Crippen LogP contribution is 2.34. The molecule has 2 rings (SSSR count). The van der Waals surface area contributed by atoms with Crippen molar-refractivity contribution in [3.8, 4) is 0 Å². The zero-order valence-corrected chi connectivity index (χ0v) is 10.8. The van der Waals surface area contributed by atoms with Crippen LogP contribution in [0.5, 0.6) is 0 Å². The monoisotopic (exact) mass is 274 g/mol. The lowest BCUT2D eigenvalue weighted by atomic mass is 9.98. The van der Waals surface area contributed by atoms with Crippen molar-refractivity contribution in [2.24, 2.45) is 0 Å². The zero-order chi connectivity index (χ0) is 10.4. The molecule has 0 bridgehead atoms. The van der Waals surface area contributed by atoms with E-state index in [0.717, 1.165) is 10.9 Å². The van der Waals surface area contributed by atoms with Gasteiger partial charge >= 0.3 is 0 Å². The Morgan fingerprint density at radius 2 is 1.57 bits per heavy atom. The Labute approximate surface area is 99.8 Å². The highest BCUT2D eigenvalue weighted by molar-refractivity contribution is 9.08. The van der Waals surface area contributed by atoms with Crippen molar-refractivity contribution in [1.29, 1.82) is 0 Å². The van der Waals surface area contributed by atoms with E-state index in [1.807, 2.05) is 18.0 Å². The van der Waals surface area contributed by atoms with Crippen LogP contribution in [0.1, 0.15) is 37.2 Å². The van der Waals surface area contributed by atoms with Crippen molar-refractivity contribution >= 4 is 27.5 Å². The van der Waals surface area contributed by atoms with Crippen LogP contribution in [0.4, 0.5) is 0 Å². The molecule has 78 valence electrons. The molecule has 0 nitrogen and oxygen atoms in total. The SMILES string of the molecule is CBr.Clc1ccc(C2CCCC2)cc1. The number of alkyl halides is 1. The molecule has 0 heterocycles. The average molecular weight is 276 g/mol. The Balaban J connectivity index is 0.000000461. The minimum Gasteiger partial charge on any atom is -0.0966 e. The molecule has 1 aromatic rings. The first kappa shape index (κ1) is 12.1. The summed E-state index contributed by atoms with van der Waals surface area (Å²) in [6.45, 7) is 0. The molecule has 14 heavy (non-hydrogen) atoms. The Hall–Kier alpha value is -0.0100. The quantitative estimate of drug-likeness (QED) is 0.632. The molecule has 0 N–H and O–H groups in total. The number of benzene rings is 1. The molecule has 0 atom stereocenters. The lowest BCUT2D eigenvalue weighted by molar-refractivity contribution is 0.723. The van der Waals surface area contributed by atoms with Crippen LogP contribution in [0.3, 0.4) is 0 Å². The topological polar surface area (TPSA) is 0 Å². The average Bonchev–Trinajstić information content (AvgIpc) is 2.75. The van der Waals surface area contributed by atoms with E-state index in [9.17, 15) is 0 Å². The second-order valence-electron chi connectivity index (χ2n) is 3.53. The van der Waals surface area contributed by atoms with Gasteiger partial charge in [-0.2, -0.15) is 0 Å². The summed E-state index contributed by atoms with van der Waals surface area (Å²) in [5.41, 5.74) is 1.47. The van der Waals surface area contributed by atoms with Crippen LogP contribution < -0.4 is 0 Å². The van der Waals surface area contributed by atoms with Crippen molar-refractivity contribution < 1.29 is 0 Å². The first-order valence-corrected chi connectivity index (χ1v) is 6.96. The predicted molar refractivity (Wildman–Crippen MR) is 67.5 cm³/mol. The van der Waals surface area contributed by atoms with Crippen molar-refractivity contribution in [3.63, 3.8) is 0 Å². The molecule has 0 amide bonds. The van der Waals surface area contributed by atoms with Gasteiger partial charge in [-0.25, -0.2) is 0 Å². The second-order valence-corrected chi connectivity index (χ2v) is 3.97. The van der Waals surface area contributed by atoms with Gasteiger partial charge in [-0.3, -0.25) is 0 Å². The molecule has 0 spiro atoms. The molecule has 0 saturated heterocycles. The summed E-state index contributed by atoms with van der Waals surface area (Å²) < 4.78 is 0. The number of hydrogen-bond acceptors (Lipinski definition) is 0. The molecule has 1 saturated carbocycles. The molecule has 0 aromatic heterocycles. The van der Waals surface area contributed by atoms with Gasteiger partial charge in [0.2, 0.25) is 0 Å². The van der Waals surface area contributed by atoms with Crippen LogP contribution in [-0.2, 0) is 0 Å². The van der Waals surface area contributed by atoms with Gasteiger partial charge < -0.3 is 0 Å². The Kier molecular flexibility index (Phi) is 5.57. The lowest BCUT2D eigenvalue weighted by Crippen LogP contribution is -1.90. The Bertz CT molecular complexity index is 250. The third-order valence-corrected chi connectivity index (χ3v) is 2.95. The van der Waals surface area contributed by atoms with E-state index >= 15 is 0 Å². The van der Waals surface area contributed by atoms with E-state index in [1.54, 1.807) is 0 Å². The minimum absolute atomic E-state index is 0.808. The maximum atomic E-state index is 5.82. The number of halogens is 2. The fourth-order valence-electron chi connectivity index (χ4n) is 1.99. The van der Waals surface area contributed by atoms with Gasteiger partial charge in [0.05, 0.1) is 0 Å². The molecular weight excluding hydrogens is 259 g/mol. The van der Waals surface area contributed by atoms with Crippen molar-refractivity contribution in [2.75, 3.05) is 5.83 Å². The normalized spacial score (nSPS) is 16.2. The smallest absolute Gasteiger partial charge is 0.0406 e. The third kappa shape index (κ3) is 3.29. The molecule has 1 aromatic carbocycles. The van der Waals surface area contributed by atoms with Crippen LogP contribution >= 0.6 is 27.5 Å². The van der Waals surface area contributed by atoms with Gasteiger partial charge in [0.25, 0.3) is 0 Å². The summed E-state index contributed by atoms with van der Waals surface area (Å²) in [6, 6.07) is 8.32. The van der Waals surface area contributed by atoms with E-state index in [4.69, 9.17) is 11.6 Å². The number of rotatable bonds is 1. The molecular formula is C12H16BrCl. The Morgan fingerprint density at radius 1 is 1.07 bits per heavy atom. The first-order valence-electron chi connectivity index (χ1n) is 4.99. The van der Waals surface area contributed by atoms with Crippen molar-refractivity contribution in [1.82, 2.24) is 0 Å². The zero-order valence-electron chi connectivity index (χ0n) is 8.47. The maximum absolute atomic E-state index is 5.82. The fraction of sp³-hybridized carbons (Fsp3) is 0.500. The molecule has 1 aliphatic rings. The molecule has 0 radical (unpaired) electrons. The first-order chi connectivity index (χ1) is 6.86.